The molecule has 2 aromatic rings. The average molecular weight is 364 g/mol. The van der Waals surface area contributed by atoms with Crippen LogP contribution in [0.3, 0.4) is 0 Å². The number of rotatable bonds is 4. The predicted octanol–water partition coefficient (Wildman–Crippen LogP) is 1.82. The topological polar surface area (TPSA) is 80.1 Å². The minimum Gasteiger partial charge on any atom is -0.497 e. The first-order valence-corrected chi connectivity index (χ1v) is 9.43. The summed E-state index contributed by atoms with van der Waals surface area (Å²) in [5.41, 5.74) is 0. The molecule has 1 amide bonds. The summed E-state index contributed by atoms with van der Waals surface area (Å²) in [5.74, 6) is 0.542. The van der Waals surface area contributed by atoms with E-state index in [1.54, 1.807) is 35.2 Å². The van der Waals surface area contributed by atoms with E-state index in [1.807, 2.05) is 0 Å². The number of amides is 1. The van der Waals surface area contributed by atoms with Crippen molar-refractivity contribution in [3.63, 3.8) is 0 Å². The van der Waals surface area contributed by atoms with Crippen molar-refractivity contribution >= 4 is 15.9 Å². The van der Waals surface area contributed by atoms with Gasteiger partial charge in [0.15, 0.2) is 5.76 Å². The molecular weight excluding hydrogens is 344 g/mol. The number of benzene rings is 1. The Bertz CT molecular complexity index is 832. The Hall–Kier alpha value is -2.32. The number of furan rings is 1. The fraction of sp³-hybridized carbons (Fsp3) is 0.353. The van der Waals surface area contributed by atoms with Gasteiger partial charge in [0.05, 0.1) is 18.3 Å². The summed E-state index contributed by atoms with van der Waals surface area (Å²) in [6.45, 7) is 1.42. The van der Waals surface area contributed by atoms with Gasteiger partial charge in [0.1, 0.15) is 5.75 Å². The third-order valence-electron chi connectivity index (χ3n) is 4.15. The smallest absolute Gasteiger partial charge is 0.289 e. The molecule has 0 aliphatic carbocycles. The van der Waals surface area contributed by atoms with E-state index < -0.39 is 10.0 Å². The number of carbonyl (C=O) groups excluding carboxylic acids is 1. The van der Waals surface area contributed by atoms with Crippen molar-refractivity contribution in [2.24, 2.45) is 0 Å². The molecule has 3 rings (SSSR count). The minimum atomic E-state index is -3.63. The third kappa shape index (κ3) is 3.69. The van der Waals surface area contributed by atoms with Gasteiger partial charge in [0.25, 0.3) is 5.91 Å². The SMILES string of the molecule is COc1cccc(S(=O)(=O)N2CCCN(C(=O)c3ccco3)CC2)c1. The Kier molecular flexibility index (Phi) is 5.10. The molecular formula is C17H20N2O5S. The van der Waals surface area contributed by atoms with Gasteiger partial charge in [-0.25, -0.2) is 8.42 Å². The molecule has 0 radical (unpaired) electrons. The van der Waals surface area contributed by atoms with Crippen LogP contribution in [0.25, 0.3) is 0 Å². The van der Waals surface area contributed by atoms with Crippen LogP contribution in [0.5, 0.6) is 5.75 Å². The molecule has 0 bridgehead atoms. The van der Waals surface area contributed by atoms with Crippen LogP contribution < -0.4 is 4.74 Å². The van der Waals surface area contributed by atoms with E-state index in [0.29, 0.717) is 31.8 Å². The van der Waals surface area contributed by atoms with Gasteiger partial charge in [-0.1, -0.05) is 6.07 Å². The normalized spacial score (nSPS) is 16.4. The quantitative estimate of drug-likeness (QED) is 0.827. The monoisotopic (exact) mass is 364 g/mol. The van der Waals surface area contributed by atoms with Gasteiger partial charge in [-0.3, -0.25) is 4.79 Å². The van der Waals surface area contributed by atoms with Crippen molar-refractivity contribution in [2.45, 2.75) is 11.3 Å². The van der Waals surface area contributed by atoms with Crippen LogP contribution in [0.1, 0.15) is 17.0 Å². The molecule has 1 saturated heterocycles. The average Bonchev–Trinajstić information content (AvgIpc) is 3.05. The molecule has 1 aromatic carbocycles. The molecule has 0 N–H and O–H groups in total. The van der Waals surface area contributed by atoms with Crippen LogP contribution in [0.4, 0.5) is 0 Å². The van der Waals surface area contributed by atoms with E-state index in [2.05, 4.69) is 0 Å². The fourth-order valence-electron chi connectivity index (χ4n) is 2.80. The van der Waals surface area contributed by atoms with E-state index in [0.717, 1.165) is 0 Å². The maximum atomic E-state index is 12.9. The molecule has 0 unspecified atom stereocenters. The summed E-state index contributed by atoms with van der Waals surface area (Å²) in [6, 6.07) is 9.67. The van der Waals surface area contributed by atoms with Gasteiger partial charge in [-0.15, -0.1) is 0 Å². The maximum absolute atomic E-state index is 12.9. The number of hydrogen-bond acceptors (Lipinski definition) is 5. The number of sulfonamides is 1. The summed E-state index contributed by atoms with van der Waals surface area (Å²) in [5, 5.41) is 0. The van der Waals surface area contributed by atoms with Crippen LogP contribution >= 0.6 is 0 Å². The summed E-state index contributed by atoms with van der Waals surface area (Å²) in [7, 11) is -2.13. The molecule has 2 heterocycles. The summed E-state index contributed by atoms with van der Waals surface area (Å²) in [6.07, 6.45) is 2.01. The Morgan fingerprint density at radius 1 is 1.12 bits per heavy atom. The van der Waals surface area contributed by atoms with Crippen molar-refractivity contribution in [3.05, 3.63) is 48.4 Å². The van der Waals surface area contributed by atoms with E-state index in [1.165, 1.54) is 23.7 Å². The predicted molar refractivity (Wildman–Crippen MR) is 91.0 cm³/mol. The second-order valence-corrected chi connectivity index (χ2v) is 7.64. The van der Waals surface area contributed by atoms with E-state index in [9.17, 15) is 13.2 Å². The highest BCUT2D eigenvalue weighted by Crippen LogP contribution is 2.22. The van der Waals surface area contributed by atoms with Crippen LogP contribution in [-0.4, -0.2) is 56.8 Å². The van der Waals surface area contributed by atoms with Gasteiger partial charge in [0.2, 0.25) is 10.0 Å². The van der Waals surface area contributed by atoms with Crippen molar-refractivity contribution in [1.29, 1.82) is 0 Å². The fourth-order valence-corrected chi connectivity index (χ4v) is 4.31. The second-order valence-electron chi connectivity index (χ2n) is 5.71. The van der Waals surface area contributed by atoms with Gasteiger partial charge < -0.3 is 14.1 Å². The standard InChI is InChI=1S/C17H20N2O5S/c1-23-14-5-2-6-15(13-14)25(21,22)19-9-4-8-18(10-11-19)17(20)16-7-3-12-24-16/h2-3,5-7,12-13H,4,8-11H2,1H3. The molecule has 8 heteroatoms. The zero-order chi connectivity index (χ0) is 17.9. The molecule has 0 spiro atoms. The zero-order valence-electron chi connectivity index (χ0n) is 13.9. The molecule has 1 aliphatic rings. The maximum Gasteiger partial charge on any atom is 0.289 e. The van der Waals surface area contributed by atoms with Crippen molar-refractivity contribution in [2.75, 3.05) is 33.3 Å². The second kappa shape index (κ2) is 7.28. The highest BCUT2D eigenvalue weighted by atomic mass is 32.2. The van der Waals surface area contributed by atoms with Crippen molar-refractivity contribution < 1.29 is 22.4 Å². The largest absolute Gasteiger partial charge is 0.497 e. The Balaban J connectivity index is 1.74. The molecule has 1 fully saturated rings. The van der Waals surface area contributed by atoms with Gasteiger partial charge in [-0.2, -0.15) is 4.31 Å². The first-order valence-electron chi connectivity index (χ1n) is 7.99. The number of ether oxygens (including phenoxy) is 1. The van der Waals surface area contributed by atoms with Gasteiger partial charge in [0, 0.05) is 32.2 Å². The molecule has 25 heavy (non-hydrogen) atoms. The van der Waals surface area contributed by atoms with Crippen LogP contribution in [0.2, 0.25) is 0 Å². The van der Waals surface area contributed by atoms with Gasteiger partial charge >= 0.3 is 0 Å². The lowest BCUT2D eigenvalue weighted by atomic mass is 10.3. The molecule has 1 aliphatic heterocycles. The Morgan fingerprint density at radius 3 is 2.68 bits per heavy atom. The first kappa shape index (κ1) is 17.5. The van der Waals surface area contributed by atoms with Crippen molar-refractivity contribution in [3.8, 4) is 5.75 Å². The van der Waals surface area contributed by atoms with Crippen LogP contribution in [0, 0.1) is 0 Å². The van der Waals surface area contributed by atoms with E-state index in [-0.39, 0.29) is 23.1 Å². The lowest BCUT2D eigenvalue weighted by Gasteiger charge is -2.21. The zero-order valence-corrected chi connectivity index (χ0v) is 14.7. The van der Waals surface area contributed by atoms with E-state index in [4.69, 9.17) is 9.15 Å². The number of nitrogens with zero attached hydrogens (tertiary/aromatic N) is 2. The molecule has 1 aromatic heterocycles. The molecule has 7 nitrogen and oxygen atoms in total. The number of carbonyl (C=O) groups is 1. The highest BCUT2D eigenvalue weighted by molar-refractivity contribution is 7.89. The lowest BCUT2D eigenvalue weighted by Crippen LogP contribution is -2.37. The van der Waals surface area contributed by atoms with Crippen molar-refractivity contribution in [1.82, 2.24) is 9.21 Å². The Labute approximate surface area is 146 Å². The molecule has 0 atom stereocenters. The minimum absolute atomic E-state index is 0.192. The number of hydrogen-bond donors (Lipinski definition) is 0. The third-order valence-corrected chi connectivity index (χ3v) is 6.05. The highest BCUT2D eigenvalue weighted by Gasteiger charge is 2.29. The summed E-state index contributed by atoms with van der Waals surface area (Å²) < 4.78 is 37.4. The first-order chi connectivity index (χ1) is 12.0. The number of methoxy groups -OCH3 is 1. The molecule has 134 valence electrons. The summed E-state index contributed by atoms with van der Waals surface area (Å²) >= 11 is 0. The van der Waals surface area contributed by atoms with Crippen LogP contribution in [-0.2, 0) is 10.0 Å². The van der Waals surface area contributed by atoms with E-state index >= 15 is 0 Å². The lowest BCUT2D eigenvalue weighted by molar-refractivity contribution is 0.0732. The summed E-state index contributed by atoms with van der Waals surface area (Å²) in [4.78, 5) is 14.2. The Morgan fingerprint density at radius 2 is 1.96 bits per heavy atom. The molecule has 0 saturated carbocycles. The van der Waals surface area contributed by atoms with Gasteiger partial charge in [-0.05, 0) is 30.7 Å². The van der Waals surface area contributed by atoms with Crippen LogP contribution in [0.15, 0.2) is 52.0 Å².